The van der Waals surface area contributed by atoms with Crippen LogP contribution in [0.5, 0.6) is 0 Å². The zero-order valence-electron chi connectivity index (χ0n) is 12.8. The molecule has 2 N–H and O–H groups in total. The molecule has 1 aromatic carbocycles. The molecule has 112 valence electrons. The summed E-state index contributed by atoms with van der Waals surface area (Å²) in [6.07, 6.45) is 1.08. The summed E-state index contributed by atoms with van der Waals surface area (Å²) >= 11 is 5.94. The molecule has 0 spiro atoms. The minimum absolute atomic E-state index is 0.271. The van der Waals surface area contributed by atoms with Crippen molar-refractivity contribution in [2.75, 3.05) is 34.2 Å². The van der Waals surface area contributed by atoms with Gasteiger partial charge in [0, 0.05) is 25.2 Å². The van der Waals surface area contributed by atoms with Gasteiger partial charge in [-0.1, -0.05) is 30.7 Å². The fourth-order valence-electron chi connectivity index (χ4n) is 1.94. The van der Waals surface area contributed by atoms with Crippen LogP contribution in [-0.4, -0.2) is 45.1 Å². The average molecular weight is 297 g/mol. The van der Waals surface area contributed by atoms with E-state index in [4.69, 9.17) is 11.6 Å². The average Bonchev–Trinajstić information content (AvgIpc) is 2.44. The number of likely N-dealkylation sites (N-methyl/N-ethyl adjacent to an activating group) is 1. The molecule has 0 saturated heterocycles. The lowest BCUT2D eigenvalue weighted by molar-refractivity contribution is 0.298. The summed E-state index contributed by atoms with van der Waals surface area (Å²) in [5.74, 6) is 0.840. The lowest BCUT2D eigenvalue weighted by Gasteiger charge is -2.26. The minimum atomic E-state index is 0.271. The molecule has 1 unspecified atom stereocenters. The van der Waals surface area contributed by atoms with Gasteiger partial charge in [0.15, 0.2) is 5.96 Å². The van der Waals surface area contributed by atoms with Crippen molar-refractivity contribution in [2.45, 2.75) is 19.4 Å². The third-order valence-corrected chi connectivity index (χ3v) is 3.36. The van der Waals surface area contributed by atoms with Gasteiger partial charge in [-0.2, -0.15) is 0 Å². The molecular weight excluding hydrogens is 272 g/mol. The molecule has 0 aliphatic rings. The molecule has 5 heteroatoms. The Kier molecular flexibility index (Phi) is 7.41. The highest BCUT2D eigenvalue weighted by Crippen LogP contribution is 2.19. The number of guanidine groups is 1. The van der Waals surface area contributed by atoms with Crippen LogP contribution in [0, 0.1) is 0 Å². The van der Waals surface area contributed by atoms with Crippen LogP contribution in [0.25, 0.3) is 0 Å². The van der Waals surface area contributed by atoms with E-state index in [1.165, 1.54) is 5.56 Å². The van der Waals surface area contributed by atoms with E-state index in [0.717, 1.165) is 30.5 Å². The molecule has 0 aliphatic heterocycles. The molecule has 0 amide bonds. The first kappa shape index (κ1) is 16.8. The number of nitrogens with one attached hydrogen (secondary N) is 2. The fraction of sp³-hybridized carbons (Fsp3) is 0.533. The second-order valence-electron chi connectivity index (χ2n) is 4.91. The first-order valence-corrected chi connectivity index (χ1v) is 7.32. The van der Waals surface area contributed by atoms with Crippen molar-refractivity contribution in [1.29, 1.82) is 0 Å². The maximum atomic E-state index is 5.94. The topological polar surface area (TPSA) is 39.7 Å². The van der Waals surface area contributed by atoms with Crippen molar-refractivity contribution in [3.63, 3.8) is 0 Å². The molecule has 0 heterocycles. The number of nitrogens with zero attached hydrogens (tertiary/aromatic N) is 2. The van der Waals surface area contributed by atoms with Crippen molar-refractivity contribution in [3.8, 4) is 0 Å². The van der Waals surface area contributed by atoms with Gasteiger partial charge < -0.3 is 15.5 Å². The molecule has 1 rings (SSSR count). The molecule has 0 aromatic heterocycles. The number of rotatable bonds is 6. The Balaban J connectivity index is 2.66. The van der Waals surface area contributed by atoms with Crippen LogP contribution < -0.4 is 10.6 Å². The van der Waals surface area contributed by atoms with Crippen molar-refractivity contribution in [3.05, 3.63) is 34.9 Å². The normalized spacial score (nSPS) is 13.4. The van der Waals surface area contributed by atoms with E-state index >= 15 is 0 Å². The molecule has 0 aliphatic carbocycles. The van der Waals surface area contributed by atoms with Gasteiger partial charge in [-0.3, -0.25) is 4.99 Å². The van der Waals surface area contributed by atoms with Crippen LogP contribution in [0.4, 0.5) is 0 Å². The van der Waals surface area contributed by atoms with Gasteiger partial charge in [-0.15, -0.1) is 0 Å². The molecule has 0 saturated carbocycles. The summed E-state index contributed by atoms with van der Waals surface area (Å²) in [6.45, 7) is 3.85. The Hall–Kier alpha value is -1.26. The summed E-state index contributed by atoms with van der Waals surface area (Å²) in [5.41, 5.74) is 1.23. The Morgan fingerprint density at radius 2 is 1.90 bits per heavy atom. The first-order chi connectivity index (χ1) is 9.58. The Labute approximate surface area is 127 Å². The van der Waals surface area contributed by atoms with E-state index in [0.29, 0.717) is 0 Å². The van der Waals surface area contributed by atoms with Crippen molar-refractivity contribution in [2.24, 2.45) is 4.99 Å². The third-order valence-electron chi connectivity index (χ3n) is 3.11. The molecular formula is C15H25ClN4. The van der Waals surface area contributed by atoms with Crippen LogP contribution in [-0.2, 0) is 0 Å². The lowest BCUT2D eigenvalue weighted by Crippen LogP contribution is -2.41. The molecule has 0 fully saturated rings. The highest BCUT2D eigenvalue weighted by atomic mass is 35.5. The number of benzene rings is 1. The molecule has 1 atom stereocenters. The number of hydrogen-bond acceptors (Lipinski definition) is 2. The van der Waals surface area contributed by atoms with Crippen LogP contribution in [0.2, 0.25) is 5.02 Å². The third kappa shape index (κ3) is 5.39. The summed E-state index contributed by atoms with van der Waals surface area (Å²) in [7, 11) is 5.93. The SMILES string of the molecule is CCCNC(=NC)NCC(c1ccc(Cl)cc1)N(C)C. The Morgan fingerprint density at radius 3 is 2.40 bits per heavy atom. The maximum Gasteiger partial charge on any atom is 0.191 e. The van der Waals surface area contributed by atoms with Gasteiger partial charge in [-0.25, -0.2) is 0 Å². The predicted molar refractivity (Wildman–Crippen MR) is 87.5 cm³/mol. The highest BCUT2D eigenvalue weighted by molar-refractivity contribution is 6.30. The minimum Gasteiger partial charge on any atom is -0.356 e. The van der Waals surface area contributed by atoms with Gasteiger partial charge in [0.1, 0.15) is 0 Å². The van der Waals surface area contributed by atoms with Gasteiger partial charge in [0.2, 0.25) is 0 Å². The highest BCUT2D eigenvalue weighted by Gasteiger charge is 2.14. The van der Waals surface area contributed by atoms with Crippen LogP contribution in [0.1, 0.15) is 24.9 Å². The monoisotopic (exact) mass is 296 g/mol. The summed E-state index contributed by atoms with van der Waals surface area (Å²) < 4.78 is 0. The summed E-state index contributed by atoms with van der Waals surface area (Å²) in [5, 5.41) is 7.40. The Morgan fingerprint density at radius 1 is 1.25 bits per heavy atom. The first-order valence-electron chi connectivity index (χ1n) is 6.94. The van der Waals surface area contributed by atoms with E-state index in [1.807, 2.05) is 12.1 Å². The van der Waals surface area contributed by atoms with Crippen LogP contribution in [0.3, 0.4) is 0 Å². The smallest absolute Gasteiger partial charge is 0.191 e. The van der Waals surface area contributed by atoms with Crippen molar-refractivity contribution >= 4 is 17.6 Å². The number of aliphatic imine (C=N–C) groups is 1. The van der Waals surface area contributed by atoms with Crippen LogP contribution in [0.15, 0.2) is 29.3 Å². The molecule has 0 radical (unpaired) electrons. The van der Waals surface area contributed by atoms with Gasteiger partial charge in [0.25, 0.3) is 0 Å². The molecule has 0 bridgehead atoms. The number of hydrogen-bond donors (Lipinski definition) is 2. The van der Waals surface area contributed by atoms with E-state index in [-0.39, 0.29) is 6.04 Å². The van der Waals surface area contributed by atoms with E-state index < -0.39 is 0 Å². The van der Waals surface area contributed by atoms with Gasteiger partial charge in [0.05, 0.1) is 6.04 Å². The number of halogens is 1. The molecule has 20 heavy (non-hydrogen) atoms. The van der Waals surface area contributed by atoms with Crippen molar-refractivity contribution < 1.29 is 0 Å². The quantitative estimate of drug-likeness (QED) is 0.626. The van der Waals surface area contributed by atoms with Crippen molar-refractivity contribution in [1.82, 2.24) is 15.5 Å². The maximum absolute atomic E-state index is 5.94. The van der Waals surface area contributed by atoms with E-state index in [9.17, 15) is 0 Å². The zero-order chi connectivity index (χ0) is 15.0. The van der Waals surface area contributed by atoms with Gasteiger partial charge >= 0.3 is 0 Å². The Bertz CT molecular complexity index is 414. The van der Waals surface area contributed by atoms with Crippen LogP contribution >= 0.6 is 11.6 Å². The second kappa shape index (κ2) is 8.82. The molecule has 4 nitrogen and oxygen atoms in total. The largest absolute Gasteiger partial charge is 0.356 e. The predicted octanol–water partition coefficient (Wildman–Crippen LogP) is 2.52. The second-order valence-corrected chi connectivity index (χ2v) is 5.35. The standard InChI is InChI=1S/C15H25ClN4/c1-5-10-18-15(17-2)19-11-14(20(3)4)12-6-8-13(16)9-7-12/h6-9,14H,5,10-11H2,1-4H3,(H2,17,18,19). The lowest BCUT2D eigenvalue weighted by atomic mass is 10.1. The fourth-order valence-corrected chi connectivity index (χ4v) is 2.07. The molecule has 1 aromatic rings. The zero-order valence-corrected chi connectivity index (χ0v) is 13.5. The summed E-state index contributed by atoms with van der Waals surface area (Å²) in [4.78, 5) is 6.40. The van der Waals surface area contributed by atoms with Gasteiger partial charge in [-0.05, 0) is 38.2 Å². The summed E-state index contributed by atoms with van der Waals surface area (Å²) in [6, 6.07) is 8.26. The van der Waals surface area contributed by atoms with E-state index in [1.54, 1.807) is 7.05 Å². The van der Waals surface area contributed by atoms with E-state index in [2.05, 4.69) is 53.7 Å².